The molecule has 4 heteroatoms. The standard InChI is InChI=1S/C36H46N2O2/c1-27(2)21-30-11-12-33(36(22-30)39-4)26-40-34-15-16-35-28(3)32(14-13-31(35)23-34)25-38-18-8-17-37(19-20-38)24-29-9-6-5-7-10-29/h5-7,9-12,15-16,22-23,27H,8,13-14,17-21,24-26H2,1-4H3. The smallest absolute Gasteiger partial charge is 0.125 e. The van der Waals surface area contributed by atoms with Crippen LogP contribution >= 0.6 is 0 Å². The second-order valence-corrected chi connectivity index (χ2v) is 12.0. The van der Waals surface area contributed by atoms with Crippen molar-refractivity contribution in [2.75, 3.05) is 39.8 Å². The van der Waals surface area contributed by atoms with Crippen LogP contribution in [0.2, 0.25) is 0 Å². The van der Waals surface area contributed by atoms with Crippen LogP contribution < -0.4 is 9.47 Å². The molecule has 3 aromatic rings. The molecule has 0 radical (unpaired) electrons. The third kappa shape index (κ3) is 7.35. The molecular formula is C36H46N2O2. The zero-order valence-corrected chi connectivity index (χ0v) is 24.9. The molecule has 0 aromatic heterocycles. The third-order valence-electron chi connectivity index (χ3n) is 8.44. The lowest BCUT2D eigenvalue weighted by Gasteiger charge is -2.27. The molecule has 0 N–H and O–H groups in total. The van der Waals surface area contributed by atoms with Gasteiger partial charge in [-0.2, -0.15) is 0 Å². The number of hydrogen-bond acceptors (Lipinski definition) is 4. The van der Waals surface area contributed by atoms with Crippen LogP contribution in [0.5, 0.6) is 11.5 Å². The van der Waals surface area contributed by atoms with E-state index >= 15 is 0 Å². The molecule has 5 rings (SSSR count). The van der Waals surface area contributed by atoms with Crippen molar-refractivity contribution < 1.29 is 9.47 Å². The molecule has 212 valence electrons. The molecule has 0 saturated carbocycles. The van der Waals surface area contributed by atoms with Crippen LogP contribution in [0.3, 0.4) is 0 Å². The van der Waals surface area contributed by atoms with E-state index < -0.39 is 0 Å². The monoisotopic (exact) mass is 538 g/mol. The number of ether oxygens (including phenoxy) is 2. The molecule has 0 atom stereocenters. The number of methoxy groups -OCH3 is 1. The van der Waals surface area contributed by atoms with Gasteiger partial charge in [0.2, 0.25) is 0 Å². The first-order valence-electron chi connectivity index (χ1n) is 15.1. The van der Waals surface area contributed by atoms with Gasteiger partial charge in [0.15, 0.2) is 0 Å². The summed E-state index contributed by atoms with van der Waals surface area (Å²) in [4.78, 5) is 5.29. The summed E-state index contributed by atoms with van der Waals surface area (Å²) >= 11 is 0. The Hall–Kier alpha value is -3.08. The van der Waals surface area contributed by atoms with Gasteiger partial charge < -0.3 is 9.47 Å². The fraction of sp³-hybridized carbons (Fsp3) is 0.444. The first-order valence-corrected chi connectivity index (χ1v) is 15.1. The summed E-state index contributed by atoms with van der Waals surface area (Å²) < 4.78 is 11.9. The van der Waals surface area contributed by atoms with E-state index in [-0.39, 0.29) is 0 Å². The van der Waals surface area contributed by atoms with Crippen LogP contribution in [0.1, 0.15) is 61.4 Å². The molecule has 2 aliphatic rings. The molecule has 1 aliphatic heterocycles. The van der Waals surface area contributed by atoms with Crippen molar-refractivity contribution in [1.82, 2.24) is 9.80 Å². The summed E-state index contributed by atoms with van der Waals surface area (Å²) in [5.41, 5.74) is 9.68. The number of fused-ring (bicyclic) bond motifs is 1. The van der Waals surface area contributed by atoms with Crippen LogP contribution in [-0.4, -0.2) is 49.6 Å². The quantitative estimate of drug-likeness (QED) is 0.269. The highest BCUT2D eigenvalue weighted by Gasteiger charge is 2.21. The first kappa shape index (κ1) is 28.4. The van der Waals surface area contributed by atoms with Gasteiger partial charge in [-0.05, 0) is 97.6 Å². The van der Waals surface area contributed by atoms with Crippen LogP contribution in [0.4, 0.5) is 0 Å². The normalized spacial score (nSPS) is 16.6. The second kappa shape index (κ2) is 13.5. The number of allylic oxidation sites excluding steroid dienone is 1. The van der Waals surface area contributed by atoms with Crippen molar-refractivity contribution >= 4 is 5.57 Å². The molecule has 1 fully saturated rings. The fourth-order valence-corrected chi connectivity index (χ4v) is 6.21. The van der Waals surface area contributed by atoms with E-state index in [0.29, 0.717) is 12.5 Å². The van der Waals surface area contributed by atoms with Gasteiger partial charge >= 0.3 is 0 Å². The lowest BCUT2D eigenvalue weighted by Crippen LogP contribution is -2.32. The van der Waals surface area contributed by atoms with Gasteiger partial charge in [-0.3, -0.25) is 9.80 Å². The summed E-state index contributed by atoms with van der Waals surface area (Å²) in [6.07, 6.45) is 4.52. The van der Waals surface area contributed by atoms with Gasteiger partial charge in [0, 0.05) is 31.7 Å². The summed E-state index contributed by atoms with van der Waals surface area (Å²) in [5.74, 6) is 2.48. The molecule has 0 spiro atoms. The number of rotatable bonds is 10. The summed E-state index contributed by atoms with van der Waals surface area (Å²) in [6.45, 7) is 14.1. The topological polar surface area (TPSA) is 24.9 Å². The summed E-state index contributed by atoms with van der Waals surface area (Å²) in [6, 6.07) is 24.1. The maximum atomic E-state index is 6.26. The molecule has 4 nitrogen and oxygen atoms in total. The van der Waals surface area contributed by atoms with E-state index in [9.17, 15) is 0 Å². The predicted molar refractivity (Wildman–Crippen MR) is 166 cm³/mol. The highest BCUT2D eigenvalue weighted by molar-refractivity contribution is 5.72. The predicted octanol–water partition coefficient (Wildman–Crippen LogP) is 7.40. The molecular weight excluding hydrogens is 492 g/mol. The average Bonchev–Trinajstić information content (AvgIpc) is 3.18. The third-order valence-corrected chi connectivity index (χ3v) is 8.44. The Balaban J connectivity index is 1.18. The minimum atomic E-state index is 0.514. The van der Waals surface area contributed by atoms with Gasteiger partial charge in [-0.25, -0.2) is 0 Å². The van der Waals surface area contributed by atoms with Crippen molar-refractivity contribution in [2.24, 2.45) is 5.92 Å². The Morgan fingerprint density at radius 3 is 2.33 bits per heavy atom. The van der Waals surface area contributed by atoms with Crippen molar-refractivity contribution in [1.29, 1.82) is 0 Å². The zero-order valence-electron chi connectivity index (χ0n) is 24.9. The molecule has 0 unspecified atom stereocenters. The highest BCUT2D eigenvalue weighted by Crippen LogP contribution is 2.34. The minimum Gasteiger partial charge on any atom is -0.496 e. The van der Waals surface area contributed by atoms with Gasteiger partial charge in [-0.15, -0.1) is 0 Å². The van der Waals surface area contributed by atoms with Crippen LogP contribution in [0, 0.1) is 5.92 Å². The second-order valence-electron chi connectivity index (χ2n) is 12.0. The van der Waals surface area contributed by atoms with Gasteiger partial charge in [-0.1, -0.05) is 68.0 Å². The van der Waals surface area contributed by atoms with Gasteiger partial charge in [0.25, 0.3) is 0 Å². The van der Waals surface area contributed by atoms with Gasteiger partial charge in [0.1, 0.15) is 18.1 Å². The fourth-order valence-electron chi connectivity index (χ4n) is 6.21. The lowest BCUT2D eigenvalue weighted by atomic mass is 9.86. The van der Waals surface area contributed by atoms with E-state index in [0.717, 1.165) is 62.5 Å². The number of aryl methyl sites for hydroxylation is 1. The zero-order chi connectivity index (χ0) is 27.9. The van der Waals surface area contributed by atoms with E-state index in [1.807, 2.05) is 0 Å². The molecule has 0 bridgehead atoms. The average molecular weight is 539 g/mol. The SMILES string of the molecule is COc1cc(CC(C)C)ccc1COc1ccc2c(c1)CCC(CN1CCCN(Cc3ccccc3)CC1)=C2C. The Kier molecular flexibility index (Phi) is 9.62. The van der Waals surface area contributed by atoms with E-state index in [4.69, 9.17) is 9.47 Å². The Bertz CT molecular complexity index is 1300. The molecule has 0 amide bonds. The number of hydrogen-bond donors (Lipinski definition) is 0. The lowest BCUT2D eigenvalue weighted by molar-refractivity contribution is 0.259. The molecule has 40 heavy (non-hydrogen) atoms. The van der Waals surface area contributed by atoms with Gasteiger partial charge in [0.05, 0.1) is 7.11 Å². The molecule has 1 heterocycles. The molecule has 1 saturated heterocycles. The molecule has 3 aromatic carbocycles. The van der Waals surface area contributed by atoms with E-state index in [1.165, 1.54) is 47.3 Å². The largest absolute Gasteiger partial charge is 0.496 e. The van der Waals surface area contributed by atoms with E-state index in [1.54, 1.807) is 12.7 Å². The maximum Gasteiger partial charge on any atom is 0.125 e. The minimum absolute atomic E-state index is 0.514. The highest BCUT2D eigenvalue weighted by atomic mass is 16.5. The number of nitrogens with zero attached hydrogens (tertiary/aromatic N) is 2. The maximum absolute atomic E-state index is 6.26. The van der Waals surface area contributed by atoms with E-state index in [2.05, 4.69) is 97.3 Å². The molecule has 1 aliphatic carbocycles. The Labute approximate surface area is 241 Å². The van der Waals surface area contributed by atoms with Crippen LogP contribution in [0.25, 0.3) is 5.57 Å². The van der Waals surface area contributed by atoms with Crippen LogP contribution in [0.15, 0.2) is 72.3 Å². The summed E-state index contributed by atoms with van der Waals surface area (Å²) in [7, 11) is 1.75. The first-order chi connectivity index (χ1) is 19.5. The van der Waals surface area contributed by atoms with Crippen molar-refractivity contribution in [2.45, 2.75) is 59.6 Å². The Morgan fingerprint density at radius 2 is 1.57 bits per heavy atom. The van der Waals surface area contributed by atoms with Crippen molar-refractivity contribution in [3.05, 3.63) is 100 Å². The number of benzene rings is 3. The summed E-state index contributed by atoms with van der Waals surface area (Å²) in [5, 5.41) is 0. The Morgan fingerprint density at radius 1 is 0.800 bits per heavy atom. The van der Waals surface area contributed by atoms with Crippen molar-refractivity contribution in [3.63, 3.8) is 0 Å². The van der Waals surface area contributed by atoms with Crippen LogP contribution in [-0.2, 0) is 26.0 Å². The van der Waals surface area contributed by atoms with Crippen molar-refractivity contribution in [3.8, 4) is 11.5 Å².